The maximum Gasteiger partial charge on any atom is 0.137 e. The molecule has 0 aliphatic carbocycles. The number of nitrogens with zero attached hydrogens (tertiary/aromatic N) is 1. The number of carbonyl (C=O) groups is 1. The van der Waals surface area contributed by atoms with E-state index in [0.717, 1.165) is 22.9 Å². The van der Waals surface area contributed by atoms with Gasteiger partial charge in [-0.2, -0.15) is 0 Å². The molecular weight excluding hydrogens is 288 g/mol. The zero-order valence-corrected chi connectivity index (χ0v) is 12.9. The van der Waals surface area contributed by atoms with Crippen LogP contribution in [-0.2, 0) is 11.2 Å². The van der Waals surface area contributed by atoms with Crippen molar-refractivity contribution in [1.29, 1.82) is 0 Å². The van der Waals surface area contributed by atoms with Crippen LogP contribution in [-0.4, -0.2) is 38.2 Å². The van der Waals surface area contributed by atoms with Gasteiger partial charge in [0.05, 0.1) is 25.4 Å². The second kappa shape index (κ2) is 7.19. The van der Waals surface area contributed by atoms with Gasteiger partial charge in [-0.05, 0) is 12.1 Å². The molecular formula is C15H18N2O3S. The van der Waals surface area contributed by atoms with Crippen LogP contribution < -0.4 is 14.7 Å². The molecule has 2 rings (SSSR count). The second-order valence-corrected chi connectivity index (χ2v) is 5.85. The summed E-state index contributed by atoms with van der Waals surface area (Å²) in [6.45, 7) is 1.53. The van der Waals surface area contributed by atoms with Crippen molar-refractivity contribution in [3.05, 3.63) is 35.3 Å². The Kier molecular flexibility index (Phi) is 5.30. The van der Waals surface area contributed by atoms with Crippen molar-refractivity contribution < 1.29 is 19.5 Å². The van der Waals surface area contributed by atoms with E-state index in [-0.39, 0.29) is 6.42 Å². The van der Waals surface area contributed by atoms with E-state index >= 15 is 0 Å². The first-order valence-corrected chi connectivity index (χ1v) is 7.59. The van der Waals surface area contributed by atoms with E-state index in [4.69, 9.17) is 4.74 Å². The summed E-state index contributed by atoms with van der Waals surface area (Å²) in [5.74, 6) is -0.349. The maximum absolute atomic E-state index is 10.6. The van der Waals surface area contributed by atoms with Crippen LogP contribution in [0.15, 0.2) is 29.6 Å². The highest BCUT2D eigenvalue weighted by Gasteiger charge is 2.11. The van der Waals surface area contributed by atoms with Gasteiger partial charge in [-0.1, -0.05) is 12.1 Å². The number of carbonyl (C=O) groups excluding carboxylic acids is 1. The molecule has 1 aromatic heterocycles. The number of benzene rings is 1. The standard InChI is InChI=1S/C15H18N2O3S/c1-17(2)7-8-20-13-6-4-3-5-12(13)15-16-11(10-21-15)9-14(18)19/h3-6,10H,7-9H2,1-2H3,(H,18,19). The second-order valence-electron chi connectivity index (χ2n) is 4.99. The predicted octanol–water partition coefficient (Wildman–Crippen LogP) is -0.374. The molecule has 0 radical (unpaired) electrons. The van der Waals surface area contributed by atoms with E-state index in [2.05, 4.69) is 19.1 Å². The number of hydrogen-bond acceptors (Lipinski definition) is 5. The van der Waals surface area contributed by atoms with E-state index < -0.39 is 5.97 Å². The van der Waals surface area contributed by atoms with Gasteiger partial charge in [0.2, 0.25) is 0 Å². The van der Waals surface area contributed by atoms with Gasteiger partial charge in [-0.15, -0.1) is 11.3 Å². The van der Waals surface area contributed by atoms with Gasteiger partial charge in [0, 0.05) is 17.8 Å². The molecule has 0 amide bonds. The van der Waals surface area contributed by atoms with Crippen LogP contribution in [0.4, 0.5) is 0 Å². The number of ether oxygens (including phenoxy) is 1. The van der Waals surface area contributed by atoms with Crippen molar-refractivity contribution in [2.45, 2.75) is 6.42 Å². The number of nitrogens with one attached hydrogen (secondary N) is 1. The highest BCUT2D eigenvalue weighted by atomic mass is 32.1. The van der Waals surface area contributed by atoms with Gasteiger partial charge in [0.15, 0.2) is 0 Å². The average Bonchev–Trinajstić information content (AvgIpc) is 2.86. The highest BCUT2D eigenvalue weighted by Crippen LogP contribution is 2.32. The summed E-state index contributed by atoms with van der Waals surface area (Å²) in [6.07, 6.45) is -0.163. The number of likely N-dealkylation sites (N-methyl/N-ethyl adjacent to an activating group) is 1. The number of carboxylic acid groups (broad SMARTS) is 1. The molecule has 0 atom stereocenters. The molecule has 5 nitrogen and oxygen atoms in total. The Morgan fingerprint density at radius 1 is 1.38 bits per heavy atom. The molecule has 0 aliphatic heterocycles. The molecule has 0 bridgehead atoms. The number of para-hydroxylation sites is 1. The summed E-state index contributed by atoms with van der Waals surface area (Å²) < 4.78 is 5.81. The van der Waals surface area contributed by atoms with Crippen molar-refractivity contribution in [1.82, 2.24) is 4.98 Å². The van der Waals surface area contributed by atoms with Crippen LogP contribution in [0, 0.1) is 0 Å². The molecule has 0 saturated carbocycles. The number of hydrogen-bond donors (Lipinski definition) is 1. The minimum atomic E-state index is -1.12. The van der Waals surface area contributed by atoms with Crippen molar-refractivity contribution >= 4 is 17.3 Å². The molecule has 2 aromatic rings. The lowest BCUT2D eigenvalue weighted by atomic mass is 10.2. The first-order chi connectivity index (χ1) is 10.1. The van der Waals surface area contributed by atoms with Crippen molar-refractivity contribution in [3.8, 4) is 16.3 Å². The lowest BCUT2D eigenvalue weighted by molar-refractivity contribution is -0.858. The molecule has 6 heteroatoms. The summed E-state index contributed by atoms with van der Waals surface area (Å²) in [6, 6.07) is 7.66. The van der Waals surface area contributed by atoms with Crippen LogP contribution in [0.5, 0.6) is 5.75 Å². The monoisotopic (exact) mass is 306 g/mol. The normalized spacial score (nSPS) is 10.8. The van der Waals surface area contributed by atoms with E-state index in [9.17, 15) is 9.90 Å². The lowest BCUT2D eigenvalue weighted by Crippen LogP contribution is -3.06. The van der Waals surface area contributed by atoms with Gasteiger partial charge in [-0.25, -0.2) is 4.98 Å². The first-order valence-electron chi connectivity index (χ1n) is 6.71. The Morgan fingerprint density at radius 3 is 2.86 bits per heavy atom. The fraction of sp³-hybridized carbons (Fsp3) is 0.333. The van der Waals surface area contributed by atoms with E-state index in [0.29, 0.717) is 12.3 Å². The summed E-state index contributed by atoms with van der Waals surface area (Å²) in [7, 11) is 4.14. The quantitative estimate of drug-likeness (QED) is 0.758. The Bertz CT molecular complexity index is 610. The summed E-state index contributed by atoms with van der Waals surface area (Å²) >= 11 is 1.41. The minimum absolute atomic E-state index is 0.163. The topological polar surface area (TPSA) is 66.7 Å². The van der Waals surface area contributed by atoms with Crippen molar-refractivity contribution in [2.75, 3.05) is 27.2 Å². The molecule has 0 aliphatic rings. The third-order valence-corrected chi connectivity index (χ3v) is 3.78. The van der Waals surface area contributed by atoms with E-state index in [1.807, 2.05) is 24.3 Å². The van der Waals surface area contributed by atoms with Gasteiger partial charge in [0.25, 0.3) is 0 Å². The molecule has 0 unspecified atom stereocenters. The zero-order valence-electron chi connectivity index (χ0n) is 12.1. The first kappa shape index (κ1) is 15.5. The van der Waals surface area contributed by atoms with Gasteiger partial charge >= 0.3 is 0 Å². The van der Waals surface area contributed by atoms with Crippen LogP contribution in [0.3, 0.4) is 0 Å². The SMILES string of the molecule is C[NH+](C)CCOc1ccccc1-c1nc(CC(=O)[O-])cs1. The average molecular weight is 306 g/mol. The summed E-state index contributed by atoms with van der Waals surface area (Å²) in [5, 5.41) is 13.1. The van der Waals surface area contributed by atoms with Crippen LogP contribution in [0.25, 0.3) is 10.6 Å². The Labute approximate surface area is 127 Å². The number of quaternary nitrogens is 1. The van der Waals surface area contributed by atoms with Crippen LogP contribution in [0.1, 0.15) is 5.69 Å². The highest BCUT2D eigenvalue weighted by molar-refractivity contribution is 7.13. The molecule has 1 N–H and O–H groups in total. The molecule has 0 fully saturated rings. The third-order valence-electron chi connectivity index (χ3n) is 2.85. The summed E-state index contributed by atoms with van der Waals surface area (Å²) in [4.78, 5) is 16.3. The smallest absolute Gasteiger partial charge is 0.137 e. The fourth-order valence-corrected chi connectivity index (χ4v) is 2.64. The number of aliphatic carboxylic acids is 1. The Hall–Kier alpha value is -1.92. The Balaban J connectivity index is 2.15. The number of thiazole rings is 1. The van der Waals surface area contributed by atoms with Crippen molar-refractivity contribution in [3.63, 3.8) is 0 Å². The van der Waals surface area contributed by atoms with Gasteiger partial charge in [-0.3, -0.25) is 0 Å². The molecule has 1 aromatic carbocycles. The molecule has 112 valence electrons. The molecule has 0 saturated heterocycles. The van der Waals surface area contributed by atoms with E-state index in [1.54, 1.807) is 5.38 Å². The van der Waals surface area contributed by atoms with E-state index in [1.165, 1.54) is 16.2 Å². The lowest BCUT2D eigenvalue weighted by Gasteiger charge is -2.11. The number of carboxylic acids is 1. The van der Waals surface area contributed by atoms with Crippen LogP contribution in [0.2, 0.25) is 0 Å². The van der Waals surface area contributed by atoms with Gasteiger partial charge in [0.1, 0.15) is 23.9 Å². The fourth-order valence-electron chi connectivity index (χ4n) is 1.79. The molecule has 0 spiro atoms. The Morgan fingerprint density at radius 2 is 2.14 bits per heavy atom. The molecule has 21 heavy (non-hydrogen) atoms. The number of aromatic nitrogens is 1. The minimum Gasteiger partial charge on any atom is -0.550 e. The largest absolute Gasteiger partial charge is 0.550 e. The zero-order chi connectivity index (χ0) is 15.2. The molecule has 1 heterocycles. The third kappa shape index (κ3) is 4.54. The summed E-state index contributed by atoms with van der Waals surface area (Å²) in [5.41, 5.74) is 1.41. The van der Waals surface area contributed by atoms with Crippen molar-refractivity contribution in [2.24, 2.45) is 0 Å². The number of rotatable bonds is 7. The maximum atomic E-state index is 10.6. The van der Waals surface area contributed by atoms with Gasteiger partial charge < -0.3 is 19.5 Å². The van der Waals surface area contributed by atoms with Crippen LogP contribution >= 0.6 is 11.3 Å². The predicted molar refractivity (Wildman–Crippen MR) is 79.4 cm³/mol.